The average Bonchev–Trinajstić information content (AvgIpc) is 2.59. The molecule has 1 rings (SSSR count). The maximum atomic E-state index is 11.4. The lowest BCUT2D eigenvalue weighted by atomic mass is 10.5. The van der Waals surface area contributed by atoms with Gasteiger partial charge in [-0.15, -0.1) is 11.7 Å². The number of nitriles is 1. The number of nitrogens with one attached hydrogen (secondary N) is 1. The summed E-state index contributed by atoms with van der Waals surface area (Å²) in [6.45, 7) is 3.89. The zero-order valence-corrected chi connectivity index (χ0v) is 9.29. The lowest BCUT2D eigenvalue weighted by Gasteiger charge is -2.12. The summed E-state index contributed by atoms with van der Waals surface area (Å²) in [5.74, 6) is -0.257. The van der Waals surface area contributed by atoms with Crippen molar-refractivity contribution in [2.45, 2.75) is 6.42 Å². The predicted octanol–water partition coefficient (Wildman–Crippen LogP) is 0.0487. The summed E-state index contributed by atoms with van der Waals surface area (Å²) in [7, 11) is 0. The van der Waals surface area contributed by atoms with E-state index in [1.54, 1.807) is 12.1 Å². The van der Waals surface area contributed by atoms with Gasteiger partial charge in [0.25, 0.3) is 5.91 Å². The first kappa shape index (κ1) is 12.3. The Balaban J connectivity index is 2.61. The molecule has 0 aromatic rings. The standard InChI is InChI=1S/C9H10N4O2S/c1-2-5-13-8(15)6-16-9(13)12-11-7(14)3-4-10/h2H,1,3,5-6H2,(H,11,14)/b12-9+. The highest BCUT2D eigenvalue weighted by Gasteiger charge is 2.27. The molecule has 0 radical (unpaired) electrons. The van der Waals surface area contributed by atoms with Crippen LogP contribution in [0.2, 0.25) is 0 Å². The third kappa shape index (κ3) is 3.10. The van der Waals surface area contributed by atoms with Gasteiger partial charge in [0.15, 0.2) is 5.17 Å². The minimum atomic E-state index is -0.492. The van der Waals surface area contributed by atoms with Gasteiger partial charge < -0.3 is 0 Å². The zero-order chi connectivity index (χ0) is 12.0. The molecule has 0 unspecified atom stereocenters. The highest BCUT2D eigenvalue weighted by molar-refractivity contribution is 8.15. The molecule has 0 aromatic carbocycles. The number of rotatable bonds is 4. The van der Waals surface area contributed by atoms with Gasteiger partial charge in [-0.25, -0.2) is 5.43 Å². The Kier molecular flexibility index (Phi) is 4.54. The van der Waals surface area contributed by atoms with Gasteiger partial charge in [0.2, 0.25) is 5.91 Å². The number of hydrogen-bond acceptors (Lipinski definition) is 5. The fraction of sp³-hybridized carbons (Fsp3) is 0.333. The first-order chi connectivity index (χ1) is 7.69. The molecule has 1 N–H and O–H groups in total. The maximum Gasteiger partial charge on any atom is 0.254 e. The number of amides is 2. The van der Waals surface area contributed by atoms with Crippen LogP contribution in [0.5, 0.6) is 0 Å². The van der Waals surface area contributed by atoms with Crippen molar-refractivity contribution in [2.24, 2.45) is 5.10 Å². The Hall–Kier alpha value is -1.81. The Morgan fingerprint density at radius 3 is 3.19 bits per heavy atom. The van der Waals surface area contributed by atoms with Crippen molar-refractivity contribution < 1.29 is 9.59 Å². The fourth-order valence-corrected chi connectivity index (χ4v) is 1.86. The van der Waals surface area contributed by atoms with Crippen molar-refractivity contribution in [3.05, 3.63) is 12.7 Å². The Labute approximate surface area is 97.0 Å². The Bertz CT molecular complexity index is 385. The molecule has 7 heteroatoms. The van der Waals surface area contributed by atoms with Crippen LogP contribution in [0.25, 0.3) is 0 Å². The van der Waals surface area contributed by atoms with Crippen molar-refractivity contribution in [3.8, 4) is 6.07 Å². The van der Waals surface area contributed by atoms with Gasteiger partial charge in [0.05, 0.1) is 11.8 Å². The van der Waals surface area contributed by atoms with Crippen molar-refractivity contribution in [3.63, 3.8) is 0 Å². The van der Waals surface area contributed by atoms with Gasteiger partial charge >= 0.3 is 0 Å². The van der Waals surface area contributed by atoms with E-state index in [0.29, 0.717) is 17.5 Å². The van der Waals surface area contributed by atoms with E-state index >= 15 is 0 Å². The summed E-state index contributed by atoms with van der Waals surface area (Å²) < 4.78 is 0. The van der Waals surface area contributed by atoms with Gasteiger partial charge in [-0.2, -0.15) is 5.26 Å². The number of carbonyl (C=O) groups excluding carboxylic acids is 2. The molecule has 0 aliphatic carbocycles. The second kappa shape index (κ2) is 5.92. The molecule has 2 amide bonds. The minimum Gasteiger partial charge on any atom is -0.285 e. The number of hydrazone groups is 1. The van der Waals surface area contributed by atoms with Crippen molar-refractivity contribution in [1.29, 1.82) is 5.26 Å². The summed E-state index contributed by atoms with van der Waals surface area (Å²) in [6, 6.07) is 1.70. The Morgan fingerprint density at radius 1 is 1.81 bits per heavy atom. The summed E-state index contributed by atoms with van der Waals surface area (Å²) in [5, 5.41) is 12.5. The molecule has 1 fully saturated rings. The normalized spacial score (nSPS) is 17.3. The number of amidine groups is 1. The van der Waals surface area contributed by atoms with Crippen LogP contribution in [0.1, 0.15) is 6.42 Å². The highest BCUT2D eigenvalue weighted by atomic mass is 32.2. The summed E-state index contributed by atoms with van der Waals surface area (Å²) in [5.41, 5.74) is 2.21. The topological polar surface area (TPSA) is 85.6 Å². The van der Waals surface area contributed by atoms with E-state index in [1.807, 2.05) is 0 Å². The maximum absolute atomic E-state index is 11.4. The number of nitrogens with zero attached hydrogens (tertiary/aromatic N) is 3. The van der Waals surface area contributed by atoms with E-state index in [2.05, 4.69) is 17.1 Å². The van der Waals surface area contributed by atoms with Gasteiger partial charge in [-0.3, -0.25) is 14.5 Å². The third-order valence-electron chi connectivity index (χ3n) is 1.68. The van der Waals surface area contributed by atoms with Crippen LogP contribution in [-0.2, 0) is 9.59 Å². The number of thioether (sulfide) groups is 1. The quantitative estimate of drug-likeness (QED) is 0.554. The highest BCUT2D eigenvalue weighted by Crippen LogP contribution is 2.18. The second-order valence-electron chi connectivity index (χ2n) is 2.85. The second-order valence-corrected chi connectivity index (χ2v) is 3.79. The molecule has 1 heterocycles. The van der Waals surface area contributed by atoms with E-state index in [0.717, 1.165) is 0 Å². The number of carbonyl (C=O) groups is 2. The molecule has 6 nitrogen and oxygen atoms in total. The van der Waals surface area contributed by atoms with Crippen LogP contribution in [0, 0.1) is 11.3 Å². The van der Waals surface area contributed by atoms with Crippen molar-refractivity contribution in [1.82, 2.24) is 10.3 Å². The third-order valence-corrected chi connectivity index (χ3v) is 2.65. The zero-order valence-electron chi connectivity index (χ0n) is 8.47. The molecule has 0 bridgehead atoms. The van der Waals surface area contributed by atoms with Crippen LogP contribution in [0.4, 0.5) is 0 Å². The SMILES string of the molecule is C=CCN1C(=O)CS/C1=N/NC(=O)CC#N. The molecule has 0 spiro atoms. The number of hydrogen-bond donors (Lipinski definition) is 1. The van der Waals surface area contributed by atoms with Gasteiger partial charge in [-0.1, -0.05) is 17.8 Å². The van der Waals surface area contributed by atoms with Crippen LogP contribution in [0.15, 0.2) is 17.8 Å². The van der Waals surface area contributed by atoms with Crippen LogP contribution in [-0.4, -0.2) is 34.2 Å². The molecular formula is C9H10N4O2S. The van der Waals surface area contributed by atoms with E-state index in [1.165, 1.54) is 16.7 Å². The van der Waals surface area contributed by atoms with E-state index < -0.39 is 5.91 Å². The molecule has 1 aliphatic rings. The summed E-state index contributed by atoms with van der Waals surface area (Å²) >= 11 is 1.24. The van der Waals surface area contributed by atoms with Crippen LogP contribution >= 0.6 is 11.8 Å². The average molecular weight is 238 g/mol. The monoisotopic (exact) mass is 238 g/mol. The van der Waals surface area contributed by atoms with Crippen LogP contribution < -0.4 is 5.43 Å². The Morgan fingerprint density at radius 2 is 2.56 bits per heavy atom. The van der Waals surface area contributed by atoms with Gasteiger partial charge in [-0.05, 0) is 0 Å². The minimum absolute atomic E-state index is 0.0711. The molecule has 1 aliphatic heterocycles. The van der Waals surface area contributed by atoms with E-state index in [-0.39, 0.29) is 12.3 Å². The smallest absolute Gasteiger partial charge is 0.254 e. The molecule has 84 valence electrons. The lowest BCUT2D eigenvalue weighted by Crippen LogP contribution is -2.31. The molecule has 0 saturated carbocycles. The molecule has 0 aromatic heterocycles. The van der Waals surface area contributed by atoms with Crippen molar-refractivity contribution in [2.75, 3.05) is 12.3 Å². The fourth-order valence-electron chi connectivity index (χ4n) is 1.01. The van der Waals surface area contributed by atoms with Crippen molar-refractivity contribution >= 4 is 28.7 Å². The summed E-state index contributed by atoms with van der Waals surface area (Å²) in [6.07, 6.45) is 1.33. The largest absolute Gasteiger partial charge is 0.285 e. The predicted molar refractivity (Wildman–Crippen MR) is 60.2 cm³/mol. The van der Waals surface area contributed by atoms with E-state index in [9.17, 15) is 9.59 Å². The van der Waals surface area contributed by atoms with Gasteiger partial charge in [0.1, 0.15) is 6.42 Å². The molecule has 0 atom stereocenters. The molecule has 16 heavy (non-hydrogen) atoms. The van der Waals surface area contributed by atoms with E-state index in [4.69, 9.17) is 5.26 Å². The molecule has 1 saturated heterocycles. The van der Waals surface area contributed by atoms with Gasteiger partial charge in [0, 0.05) is 6.54 Å². The lowest BCUT2D eigenvalue weighted by molar-refractivity contribution is -0.124. The summed E-state index contributed by atoms with van der Waals surface area (Å²) in [4.78, 5) is 23.7. The van der Waals surface area contributed by atoms with Crippen LogP contribution in [0.3, 0.4) is 0 Å². The molecular weight excluding hydrogens is 228 g/mol. The first-order valence-electron chi connectivity index (χ1n) is 4.46. The first-order valence-corrected chi connectivity index (χ1v) is 5.45.